The van der Waals surface area contributed by atoms with E-state index in [9.17, 15) is 0 Å². The minimum atomic E-state index is -0.259. The molecule has 2 rings (SSSR count). The number of benzene rings is 1. The smallest absolute Gasteiger partial charge is 0.200 e. The number of aliphatic hydroxyl groups excluding tert-OH is 1. The predicted octanol–water partition coefficient (Wildman–Crippen LogP) is 1.46. The van der Waals surface area contributed by atoms with Gasteiger partial charge in [0.15, 0.2) is 0 Å². The molecule has 1 N–H and O–H groups in total. The summed E-state index contributed by atoms with van der Waals surface area (Å²) in [4.78, 5) is 1.24. The van der Waals surface area contributed by atoms with Crippen molar-refractivity contribution in [3.05, 3.63) is 34.1 Å². The van der Waals surface area contributed by atoms with Crippen LogP contribution in [0.25, 0.3) is 5.69 Å². The molecule has 1 heterocycles. The predicted molar refractivity (Wildman–Crippen MR) is 55.1 cm³/mol. The molecule has 7 heteroatoms. The minimum Gasteiger partial charge on any atom is -0.388 e. The summed E-state index contributed by atoms with van der Waals surface area (Å²) < 4.78 is 0. The van der Waals surface area contributed by atoms with Gasteiger partial charge in [0.25, 0.3) is 0 Å². The second-order valence-corrected chi connectivity index (χ2v) is 3.59. The molecule has 1 aromatic carbocycles. The molecule has 78 valence electrons. The Bertz CT molecular complexity index is 485. The summed E-state index contributed by atoms with van der Waals surface area (Å²) in [6, 6.07) is 4.93. The summed E-state index contributed by atoms with van der Waals surface area (Å²) in [7, 11) is 0. The van der Waals surface area contributed by atoms with Gasteiger partial charge in [0.1, 0.15) is 12.3 Å². The Morgan fingerprint density at radius 3 is 2.73 bits per heavy atom. The molecule has 0 bridgehead atoms. The van der Waals surface area contributed by atoms with E-state index in [1.165, 1.54) is 4.80 Å². The van der Waals surface area contributed by atoms with Crippen molar-refractivity contribution in [3.63, 3.8) is 0 Å². The average Bonchev–Trinajstić information content (AvgIpc) is 2.66. The Morgan fingerprint density at radius 2 is 2.13 bits per heavy atom. The third kappa shape index (κ3) is 2.09. The molecule has 0 saturated carbocycles. The van der Waals surface area contributed by atoms with Crippen molar-refractivity contribution in [2.24, 2.45) is 0 Å². The molecule has 0 aliphatic rings. The van der Waals surface area contributed by atoms with Gasteiger partial charge in [-0.25, -0.2) is 0 Å². The summed E-state index contributed by atoms with van der Waals surface area (Å²) >= 11 is 11.7. The third-order valence-corrected chi connectivity index (χ3v) is 2.26. The van der Waals surface area contributed by atoms with E-state index in [2.05, 4.69) is 15.4 Å². The molecule has 0 aliphatic heterocycles. The van der Waals surface area contributed by atoms with E-state index in [4.69, 9.17) is 28.3 Å². The van der Waals surface area contributed by atoms with Crippen LogP contribution in [0.15, 0.2) is 18.2 Å². The lowest BCUT2D eigenvalue weighted by molar-refractivity contribution is 0.271. The van der Waals surface area contributed by atoms with Crippen LogP contribution in [0.1, 0.15) is 5.82 Å². The quantitative estimate of drug-likeness (QED) is 0.869. The first-order valence-corrected chi connectivity index (χ1v) is 4.81. The maximum Gasteiger partial charge on any atom is 0.200 e. The van der Waals surface area contributed by atoms with E-state index in [1.807, 2.05) is 0 Å². The molecule has 0 unspecified atom stereocenters. The second-order valence-electron chi connectivity index (χ2n) is 2.75. The second kappa shape index (κ2) is 4.14. The highest BCUT2D eigenvalue weighted by Crippen LogP contribution is 2.22. The van der Waals surface area contributed by atoms with Crippen LogP contribution < -0.4 is 0 Å². The maximum atomic E-state index is 8.78. The van der Waals surface area contributed by atoms with Gasteiger partial charge < -0.3 is 5.11 Å². The van der Waals surface area contributed by atoms with E-state index in [-0.39, 0.29) is 12.4 Å². The van der Waals surface area contributed by atoms with E-state index in [1.54, 1.807) is 18.2 Å². The summed E-state index contributed by atoms with van der Waals surface area (Å²) in [5.41, 5.74) is 0.563. The molecule has 1 aromatic heterocycles. The van der Waals surface area contributed by atoms with Crippen LogP contribution in [0.3, 0.4) is 0 Å². The van der Waals surface area contributed by atoms with Crippen molar-refractivity contribution in [3.8, 4) is 5.69 Å². The van der Waals surface area contributed by atoms with E-state index in [0.717, 1.165) is 0 Å². The first-order valence-electron chi connectivity index (χ1n) is 4.06. The Kier molecular flexibility index (Phi) is 2.86. The third-order valence-electron chi connectivity index (χ3n) is 1.72. The summed E-state index contributed by atoms with van der Waals surface area (Å²) in [6.07, 6.45) is 0. The van der Waals surface area contributed by atoms with Crippen LogP contribution in [0.4, 0.5) is 0 Å². The summed E-state index contributed by atoms with van der Waals surface area (Å²) in [5, 5.41) is 21.0. The number of aromatic nitrogens is 4. The minimum absolute atomic E-state index is 0.237. The summed E-state index contributed by atoms with van der Waals surface area (Å²) in [5.74, 6) is 0.237. The number of halogens is 2. The molecular formula is C8H6Cl2N4O. The van der Waals surface area contributed by atoms with Gasteiger partial charge in [0.05, 0.1) is 5.02 Å². The fourth-order valence-electron chi connectivity index (χ4n) is 1.05. The van der Waals surface area contributed by atoms with Gasteiger partial charge in [-0.05, 0) is 23.4 Å². The zero-order valence-electron chi connectivity index (χ0n) is 7.43. The molecule has 0 radical (unpaired) electrons. The topological polar surface area (TPSA) is 63.8 Å². The highest BCUT2D eigenvalue weighted by molar-refractivity contribution is 6.35. The Hall–Kier alpha value is -1.17. The Morgan fingerprint density at radius 1 is 1.33 bits per heavy atom. The Balaban J connectivity index is 2.44. The van der Waals surface area contributed by atoms with Gasteiger partial charge in [-0.2, -0.15) is 0 Å². The lowest BCUT2D eigenvalue weighted by atomic mass is 10.3. The van der Waals surface area contributed by atoms with Crippen molar-refractivity contribution in [1.29, 1.82) is 0 Å². The van der Waals surface area contributed by atoms with Crippen LogP contribution >= 0.6 is 23.2 Å². The van der Waals surface area contributed by atoms with Crippen molar-refractivity contribution >= 4 is 23.2 Å². The van der Waals surface area contributed by atoms with Gasteiger partial charge >= 0.3 is 0 Å². The number of hydrogen-bond acceptors (Lipinski definition) is 4. The first-order chi connectivity index (χ1) is 7.20. The van der Waals surface area contributed by atoms with E-state index >= 15 is 0 Å². The number of nitrogens with zero attached hydrogens (tertiary/aromatic N) is 4. The molecule has 15 heavy (non-hydrogen) atoms. The molecule has 5 nitrogen and oxygen atoms in total. The zero-order valence-corrected chi connectivity index (χ0v) is 8.94. The molecule has 0 amide bonds. The standard InChI is InChI=1S/C8H6Cl2N4O/c9-5-1-2-7(6(10)3-5)14-12-8(4-15)11-13-14/h1-3,15H,4H2. The first kappa shape index (κ1) is 10.4. The van der Waals surface area contributed by atoms with Crippen molar-refractivity contribution in [2.75, 3.05) is 0 Å². The number of rotatable bonds is 2. The van der Waals surface area contributed by atoms with Gasteiger partial charge in [-0.3, -0.25) is 0 Å². The molecule has 0 aliphatic carbocycles. The van der Waals surface area contributed by atoms with Crippen LogP contribution in [0, 0.1) is 0 Å². The monoisotopic (exact) mass is 244 g/mol. The van der Waals surface area contributed by atoms with Crippen LogP contribution in [-0.4, -0.2) is 25.3 Å². The molecule has 0 spiro atoms. The highest BCUT2D eigenvalue weighted by Gasteiger charge is 2.07. The maximum absolute atomic E-state index is 8.78. The van der Waals surface area contributed by atoms with Gasteiger partial charge in [0.2, 0.25) is 5.82 Å². The zero-order chi connectivity index (χ0) is 10.8. The Labute approximate surface area is 95.2 Å². The number of tetrazole rings is 1. The lowest BCUT2D eigenvalue weighted by Gasteiger charge is -2.01. The van der Waals surface area contributed by atoms with Crippen LogP contribution in [0.5, 0.6) is 0 Å². The van der Waals surface area contributed by atoms with Crippen molar-refractivity contribution in [1.82, 2.24) is 20.2 Å². The van der Waals surface area contributed by atoms with E-state index in [0.29, 0.717) is 15.7 Å². The number of hydrogen-bond donors (Lipinski definition) is 1. The molecule has 0 saturated heterocycles. The molecule has 0 fully saturated rings. The normalized spacial score (nSPS) is 10.6. The van der Waals surface area contributed by atoms with Gasteiger partial charge in [0, 0.05) is 5.02 Å². The fraction of sp³-hybridized carbons (Fsp3) is 0.125. The van der Waals surface area contributed by atoms with Gasteiger partial charge in [-0.15, -0.1) is 15.0 Å². The largest absolute Gasteiger partial charge is 0.388 e. The average molecular weight is 245 g/mol. The summed E-state index contributed by atoms with van der Waals surface area (Å²) in [6.45, 7) is -0.259. The fourth-order valence-corrected chi connectivity index (χ4v) is 1.54. The molecule has 0 atom stereocenters. The highest BCUT2D eigenvalue weighted by atomic mass is 35.5. The van der Waals surface area contributed by atoms with Crippen molar-refractivity contribution < 1.29 is 5.11 Å². The van der Waals surface area contributed by atoms with Crippen LogP contribution in [0.2, 0.25) is 10.0 Å². The van der Waals surface area contributed by atoms with Crippen LogP contribution in [-0.2, 0) is 6.61 Å². The SMILES string of the molecule is OCc1nnn(-c2ccc(Cl)cc2Cl)n1. The van der Waals surface area contributed by atoms with Crippen molar-refractivity contribution in [2.45, 2.75) is 6.61 Å². The molecular weight excluding hydrogens is 239 g/mol. The van der Waals surface area contributed by atoms with E-state index < -0.39 is 0 Å². The van der Waals surface area contributed by atoms with Gasteiger partial charge in [-0.1, -0.05) is 23.2 Å². The molecule has 2 aromatic rings. The lowest BCUT2D eigenvalue weighted by Crippen LogP contribution is -2.00. The number of aliphatic hydroxyl groups is 1.